The summed E-state index contributed by atoms with van der Waals surface area (Å²) in [5, 5.41) is 23.5. The molecule has 2 unspecified atom stereocenters. The van der Waals surface area contributed by atoms with Gasteiger partial charge >= 0.3 is 5.97 Å². The zero-order valence-corrected chi connectivity index (χ0v) is 16.0. The minimum atomic E-state index is -0.808. The van der Waals surface area contributed by atoms with Crippen LogP contribution in [-0.4, -0.2) is 42.7 Å². The predicted molar refractivity (Wildman–Crippen MR) is 103 cm³/mol. The summed E-state index contributed by atoms with van der Waals surface area (Å²) >= 11 is 0. The fourth-order valence-electron chi connectivity index (χ4n) is 3.05. The predicted octanol–water partition coefficient (Wildman–Crippen LogP) is 2.55. The van der Waals surface area contributed by atoms with Crippen molar-refractivity contribution in [3.63, 3.8) is 0 Å². The van der Waals surface area contributed by atoms with Crippen molar-refractivity contribution in [1.82, 2.24) is 5.32 Å². The summed E-state index contributed by atoms with van der Waals surface area (Å²) in [7, 11) is 1.24. The molecule has 3 rings (SSSR count). The van der Waals surface area contributed by atoms with Crippen molar-refractivity contribution < 1.29 is 29.2 Å². The number of rotatable bonds is 8. The number of hydrogen-bond donors (Lipinski definition) is 3. The largest absolute Gasteiger partial charge is 0.507 e. The van der Waals surface area contributed by atoms with E-state index in [1.807, 2.05) is 18.2 Å². The molecule has 0 aliphatic carbocycles. The minimum Gasteiger partial charge on any atom is -0.507 e. The number of aromatic hydroxyl groups is 1. The van der Waals surface area contributed by atoms with Crippen LogP contribution in [0.5, 0.6) is 17.2 Å². The third-order valence-corrected chi connectivity index (χ3v) is 4.77. The molecule has 0 bridgehead atoms. The second-order valence-corrected chi connectivity index (χ2v) is 6.82. The summed E-state index contributed by atoms with van der Waals surface area (Å²) in [5.41, 5.74) is 1.74. The lowest BCUT2D eigenvalue weighted by Crippen LogP contribution is -2.30. The van der Waals surface area contributed by atoms with Crippen molar-refractivity contribution in [2.45, 2.75) is 31.9 Å². The van der Waals surface area contributed by atoms with Gasteiger partial charge in [0, 0.05) is 12.6 Å². The van der Waals surface area contributed by atoms with Gasteiger partial charge in [0.1, 0.15) is 11.3 Å². The Balaban J connectivity index is 1.50. The van der Waals surface area contributed by atoms with Crippen molar-refractivity contribution in [2.24, 2.45) is 0 Å². The number of phenolic OH excluding ortho intramolecular Hbond substituents is 1. The highest BCUT2D eigenvalue weighted by atomic mass is 16.7. The monoisotopic (exact) mass is 387 g/mol. The highest BCUT2D eigenvalue weighted by Crippen LogP contribution is 2.32. The second-order valence-electron chi connectivity index (χ2n) is 6.82. The number of hydrogen-bond acceptors (Lipinski definition) is 7. The smallest absolute Gasteiger partial charge is 0.341 e. The van der Waals surface area contributed by atoms with E-state index in [2.05, 4.69) is 17.0 Å². The lowest BCUT2D eigenvalue weighted by Gasteiger charge is -2.18. The molecule has 7 nitrogen and oxygen atoms in total. The molecule has 28 heavy (non-hydrogen) atoms. The number of fused-ring (bicyclic) bond motifs is 1. The van der Waals surface area contributed by atoms with Gasteiger partial charge in [-0.2, -0.15) is 0 Å². The minimum absolute atomic E-state index is 0.0370. The van der Waals surface area contributed by atoms with E-state index in [0.29, 0.717) is 12.1 Å². The molecule has 7 heteroatoms. The Morgan fingerprint density at radius 3 is 2.79 bits per heavy atom. The van der Waals surface area contributed by atoms with Gasteiger partial charge in [-0.05, 0) is 55.2 Å². The number of esters is 1. The normalized spacial score (nSPS) is 14.5. The second kappa shape index (κ2) is 8.95. The number of phenols is 1. The van der Waals surface area contributed by atoms with E-state index < -0.39 is 12.1 Å². The fourth-order valence-corrected chi connectivity index (χ4v) is 3.05. The first kappa shape index (κ1) is 20.0. The van der Waals surface area contributed by atoms with Crippen LogP contribution in [0.4, 0.5) is 0 Å². The molecule has 0 spiro atoms. The maximum Gasteiger partial charge on any atom is 0.341 e. The third-order valence-electron chi connectivity index (χ3n) is 4.77. The van der Waals surface area contributed by atoms with Crippen LogP contribution >= 0.6 is 0 Å². The molecule has 1 aliphatic rings. The molecule has 2 atom stereocenters. The highest BCUT2D eigenvalue weighted by molar-refractivity contribution is 5.92. The number of methoxy groups -OCH3 is 1. The number of carbonyl (C=O) groups excluding carboxylic acids is 1. The van der Waals surface area contributed by atoms with E-state index in [9.17, 15) is 15.0 Å². The Labute approximate surface area is 163 Å². The summed E-state index contributed by atoms with van der Waals surface area (Å²) in [6.07, 6.45) is 0.944. The van der Waals surface area contributed by atoms with Gasteiger partial charge < -0.3 is 29.7 Å². The third kappa shape index (κ3) is 4.74. The number of benzene rings is 2. The standard InChI is InChI=1S/C21H25NO6/c1-13(3-4-14-5-8-19-20(9-14)28-12-27-19)22-11-18(24)15-6-7-17(23)16(10-15)21(25)26-2/h5-10,13,18,22-24H,3-4,11-12H2,1-2H3. The average Bonchev–Trinajstić information content (AvgIpc) is 3.18. The van der Waals surface area contributed by atoms with Crippen LogP contribution < -0.4 is 14.8 Å². The number of nitrogens with one attached hydrogen (secondary N) is 1. The zero-order chi connectivity index (χ0) is 20.1. The van der Waals surface area contributed by atoms with Crippen LogP contribution in [0.25, 0.3) is 0 Å². The Kier molecular flexibility index (Phi) is 6.38. The number of ether oxygens (including phenoxy) is 3. The van der Waals surface area contributed by atoms with Gasteiger partial charge in [-0.3, -0.25) is 0 Å². The Morgan fingerprint density at radius 1 is 1.21 bits per heavy atom. The molecule has 2 aromatic carbocycles. The first-order valence-electron chi connectivity index (χ1n) is 9.19. The molecule has 1 heterocycles. The molecule has 0 saturated carbocycles. The van der Waals surface area contributed by atoms with E-state index in [1.165, 1.54) is 24.8 Å². The van der Waals surface area contributed by atoms with Gasteiger partial charge in [-0.25, -0.2) is 4.79 Å². The summed E-state index contributed by atoms with van der Waals surface area (Å²) in [4.78, 5) is 11.7. The van der Waals surface area contributed by atoms with Gasteiger partial charge in [0.15, 0.2) is 11.5 Å². The van der Waals surface area contributed by atoms with Crippen molar-refractivity contribution in [2.75, 3.05) is 20.4 Å². The SMILES string of the molecule is COC(=O)c1cc(C(O)CNC(C)CCc2ccc3c(c2)OCO3)ccc1O. The maximum absolute atomic E-state index is 11.7. The number of carbonyl (C=O) groups is 1. The number of aryl methyl sites for hydroxylation is 1. The molecule has 0 amide bonds. The quantitative estimate of drug-likeness (QED) is 0.599. The number of aliphatic hydroxyl groups excluding tert-OH is 1. The van der Waals surface area contributed by atoms with E-state index >= 15 is 0 Å². The summed E-state index contributed by atoms with van der Waals surface area (Å²) < 4.78 is 15.4. The van der Waals surface area contributed by atoms with Crippen LogP contribution in [0.2, 0.25) is 0 Å². The molecule has 0 fully saturated rings. The lowest BCUT2D eigenvalue weighted by atomic mass is 10.0. The van der Waals surface area contributed by atoms with E-state index in [1.54, 1.807) is 6.07 Å². The Hall–Kier alpha value is -2.77. The van der Waals surface area contributed by atoms with Gasteiger partial charge in [0.2, 0.25) is 6.79 Å². The van der Waals surface area contributed by atoms with Gasteiger partial charge in [-0.1, -0.05) is 12.1 Å². The summed E-state index contributed by atoms with van der Waals surface area (Å²) in [5.74, 6) is 0.741. The molecule has 0 radical (unpaired) electrons. The van der Waals surface area contributed by atoms with Gasteiger partial charge in [0.25, 0.3) is 0 Å². The van der Waals surface area contributed by atoms with Crippen LogP contribution in [0, 0.1) is 0 Å². The average molecular weight is 387 g/mol. The number of aliphatic hydroxyl groups is 1. The van der Waals surface area contributed by atoms with E-state index in [4.69, 9.17) is 9.47 Å². The van der Waals surface area contributed by atoms with Crippen LogP contribution in [0.15, 0.2) is 36.4 Å². The molecular formula is C21H25NO6. The Bertz CT molecular complexity index is 838. The molecule has 0 aromatic heterocycles. The van der Waals surface area contributed by atoms with Crippen LogP contribution in [-0.2, 0) is 11.2 Å². The van der Waals surface area contributed by atoms with Gasteiger partial charge in [-0.15, -0.1) is 0 Å². The highest BCUT2D eigenvalue weighted by Gasteiger charge is 2.17. The van der Waals surface area contributed by atoms with E-state index in [0.717, 1.165) is 24.3 Å². The summed E-state index contributed by atoms with van der Waals surface area (Å²) in [6, 6.07) is 10.5. The first-order chi connectivity index (χ1) is 13.5. The molecule has 3 N–H and O–H groups in total. The van der Waals surface area contributed by atoms with Crippen molar-refractivity contribution >= 4 is 5.97 Å². The van der Waals surface area contributed by atoms with Gasteiger partial charge in [0.05, 0.1) is 13.2 Å². The topological polar surface area (TPSA) is 97.3 Å². The van der Waals surface area contributed by atoms with Crippen molar-refractivity contribution in [1.29, 1.82) is 0 Å². The van der Waals surface area contributed by atoms with Crippen LogP contribution in [0.1, 0.15) is 40.9 Å². The Morgan fingerprint density at radius 2 is 2.00 bits per heavy atom. The molecule has 2 aromatic rings. The molecule has 1 aliphatic heterocycles. The van der Waals surface area contributed by atoms with Crippen molar-refractivity contribution in [3.8, 4) is 17.2 Å². The zero-order valence-electron chi connectivity index (χ0n) is 16.0. The van der Waals surface area contributed by atoms with E-state index in [-0.39, 0.29) is 24.1 Å². The van der Waals surface area contributed by atoms with Crippen molar-refractivity contribution in [3.05, 3.63) is 53.1 Å². The molecular weight excluding hydrogens is 362 g/mol. The first-order valence-corrected chi connectivity index (χ1v) is 9.19. The fraction of sp³-hybridized carbons (Fsp3) is 0.381. The molecule has 0 saturated heterocycles. The lowest BCUT2D eigenvalue weighted by molar-refractivity contribution is 0.0597. The summed E-state index contributed by atoms with van der Waals surface area (Å²) in [6.45, 7) is 2.65. The molecule has 150 valence electrons. The van der Waals surface area contributed by atoms with Crippen LogP contribution in [0.3, 0.4) is 0 Å². The maximum atomic E-state index is 11.7.